The van der Waals surface area contributed by atoms with Crippen LogP contribution in [-0.2, 0) is 19.5 Å². The zero-order valence-corrected chi connectivity index (χ0v) is 40.0. The normalized spacial score (nSPS) is 26.0. The Hall–Kier alpha value is -4.48. The van der Waals surface area contributed by atoms with Crippen molar-refractivity contribution >= 4 is 33.0 Å². The first-order chi connectivity index (χ1) is 32.4. The lowest BCUT2D eigenvalue weighted by molar-refractivity contribution is -0.384. The minimum atomic E-state index is -4.48. The van der Waals surface area contributed by atoms with Crippen LogP contribution in [0.25, 0.3) is 0 Å². The van der Waals surface area contributed by atoms with E-state index in [4.69, 9.17) is 18.9 Å². The molecule has 10 rings (SSSR count). The van der Waals surface area contributed by atoms with Gasteiger partial charge < -0.3 is 29.2 Å². The molecule has 5 aliphatic heterocycles. The molecule has 2 spiro atoms. The minimum Gasteiger partial charge on any atom is -0.491 e. The number of carbonyl (C=O) groups is 1. The van der Waals surface area contributed by atoms with Crippen molar-refractivity contribution in [3.05, 3.63) is 81.9 Å². The number of fused-ring (bicyclic) bond motifs is 1. The maximum Gasteiger partial charge on any atom is 0.297 e. The Bertz CT molecular complexity index is 2360. The summed E-state index contributed by atoms with van der Waals surface area (Å²) in [5.41, 5.74) is 3.01. The second kappa shape index (κ2) is 19.1. The average Bonchev–Trinajstić information content (AvgIpc) is 3.33. The monoisotopic (exact) mass is 940 g/mol. The van der Waals surface area contributed by atoms with Crippen molar-refractivity contribution in [1.82, 2.24) is 14.5 Å². The van der Waals surface area contributed by atoms with Crippen LogP contribution in [0.4, 0.5) is 17.1 Å². The Labute approximate surface area is 395 Å². The number of benzene rings is 3. The summed E-state index contributed by atoms with van der Waals surface area (Å²) in [5, 5.41) is 15.4. The fourth-order valence-corrected chi connectivity index (χ4v) is 13.7. The van der Waals surface area contributed by atoms with Gasteiger partial charge in [0.1, 0.15) is 12.4 Å². The zero-order valence-electron chi connectivity index (χ0n) is 39.2. The zero-order chi connectivity index (χ0) is 46.3. The number of para-hydroxylation sites is 1. The number of anilines is 2. The number of rotatable bonds is 11. The molecule has 2 aliphatic carbocycles. The molecular formula is C51H68N6O9S. The largest absolute Gasteiger partial charge is 0.491 e. The second-order valence-electron chi connectivity index (χ2n) is 20.9. The molecule has 2 N–H and O–H groups in total. The third-order valence-electron chi connectivity index (χ3n) is 16.7. The van der Waals surface area contributed by atoms with Gasteiger partial charge in [-0.25, -0.2) is 13.1 Å². The summed E-state index contributed by atoms with van der Waals surface area (Å²) in [5.74, 6) is 0.470. The standard InChI is InChI=1S/C51H68N6O9S/c1-35(2)66-46-6-4-3-5-42(46)45-33-55(39-11-15-50(16-12-39)19-27-64-28-20-50)23-24-56(45)40-31-51(32-40)17-21-54(22-18-51)38-9-7-37(8-10-38)49(58)53-67(61,62)41-29-44(57(59)60)48-47(30-41)65-34-43(52-48)36-13-25-63-26-14-36/h3-10,29-30,35-36,39-40,43,45,52H,11-28,31-34H2,1-2H3,(H,53,58)/t43-,45-/m0/s1. The molecule has 1 amide bonds. The van der Waals surface area contributed by atoms with E-state index in [-0.39, 0.29) is 47.7 Å². The van der Waals surface area contributed by atoms with Crippen molar-refractivity contribution in [3.63, 3.8) is 0 Å². The van der Waals surface area contributed by atoms with Gasteiger partial charge in [0, 0.05) is 100 Å². The molecule has 16 heteroatoms. The van der Waals surface area contributed by atoms with Gasteiger partial charge in [-0.15, -0.1) is 0 Å². The topological polar surface area (TPSA) is 165 Å². The molecule has 2 saturated carbocycles. The number of nitro benzene ring substituents is 1. The summed E-state index contributed by atoms with van der Waals surface area (Å²) >= 11 is 0. The van der Waals surface area contributed by atoms with E-state index in [0.717, 1.165) is 89.1 Å². The van der Waals surface area contributed by atoms with Crippen molar-refractivity contribution in [2.24, 2.45) is 16.7 Å². The fourth-order valence-electron chi connectivity index (χ4n) is 12.7. The lowest BCUT2D eigenvalue weighted by Gasteiger charge is -2.59. The highest BCUT2D eigenvalue weighted by atomic mass is 32.2. The first-order valence-corrected chi connectivity index (χ1v) is 26.4. The third kappa shape index (κ3) is 9.75. The number of nitrogens with zero attached hydrogens (tertiary/aromatic N) is 4. The maximum atomic E-state index is 13.5. The molecule has 0 bridgehead atoms. The molecule has 3 aromatic rings. The van der Waals surface area contributed by atoms with E-state index in [1.807, 2.05) is 12.1 Å². The molecule has 15 nitrogen and oxygen atoms in total. The second-order valence-corrected chi connectivity index (χ2v) is 22.6. The predicted molar refractivity (Wildman–Crippen MR) is 256 cm³/mol. The van der Waals surface area contributed by atoms with Crippen LogP contribution in [0.15, 0.2) is 65.6 Å². The summed E-state index contributed by atoms with van der Waals surface area (Å²) < 4.78 is 52.8. The first kappa shape index (κ1) is 46.3. The molecule has 67 heavy (non-hydrogen) atoms. The van der Waals surface area contributed by atoms with Crippen molar-refractivity contribution in [1.29, 1.82) is 0 Å². The first-order valence-electron chi connectivity index (χ1n) is 24.9. The fraction of sp³-hybridized carbons (Fsp3) is 0.627. The number of sulfonamides is 1. The summed E-state index contributed by atoms with van der Waals surface area (Å²) in [6.45, 7) is 12.6. The summed E-state index contributed by atoms with van der Waals surface area (Å²) in [6.07, 6.45) is 13.9. The summed E-state index contributed by atoms with van der Waals surface area (Å²) in [6, 6.07) is 19.3. The van der Waals surface area contributed by atoms with Gasteiger partial charge in [-0.2, -0.15) is 0 Å². The van der Waals surface area contributed by atoms with Crippen molar-refractivity contribution < 1.29 is 37.1 Å². The average molecular weight is 941 g/mol. The maximum absolute atomic E-state index is 13.5. The Morgan fingerprint density at radius 1 is 0.851 bits per heavy atom. The third-order valence-corrected chi connectivity index (χ3v) is 18.0. The number of nitrogens with one attached hydrogen (secondary N) is 2. The van der Waals surface area contributed by atoms with Gasteiger partial charge in [0.2, 0.25) is 0 Å². The molecule has 362 valence electrons. The molecule has 3 aromatic carbocycles. The van der Waals surface area contributed by atoms with Gasteiger partial charge in [0.25, 0.3) is 21.6 Å². The van der Waals surface area contributed by atoms with Crippen LogP contribution in [0.1, 0.15) is 113 Å². The van der Waals surface area contributed by atoms with E-state index < -0.39 is 31.4 Å². The highest BCUT2D eigenvalue weighted by Gasteiger charge is 2.51. The van der Waals surface area contributed by atoms with Crippen LogP contribution in [0.2, 0.25) is 0 Å². The van der Waals surface area contributed by atoms with Crippen molar-refractivity contribution in [3.8, 4) is 11.5 Å². The van der Waals surface area contributed by atoms with Crippen LogP contribution in [-0.4, -0.2) is 119 Å². The summed E-state index contributed by atoms with van der Waals surface area (Å²) in [7, 11) is -4.48. The van der Waals surface area contributed by atoms with Gasteiger partial charge >= 0.3 is 0 Å². The number of hydrogen-bond donors (Lipinski definition) is 2. The molecule has 0 radical (unpaired) electrons. The Morgan fingerprint density at radius 2 is 1.55 bits per heavy atom. The van der Waals surface area contributed by atoms with E-state index in [1.165, 1.54) is 63.0 Å². The van der Waals surface area contributed by atoms with Crippen LogP contribution in [0, 0.1) is 26.9 Å². The van der Waals surface area contributed by atoms with Crippen molar-refractivity contribution in [2.45, 2.75) is 126 Å². The van der Waals surface area contributed by atoms with Gasteiger partial charge in [-0.05, 0) is 138 Å². The number of hydrogen-bond acceptors (Lipinski definition) is 13. The van der Waals surface area contributed by atoms with Crippen LogP contribution in [0.5, 0.6) is 11.5 Å². The highest BCUT2D eigenvalue weighted by molar-refractivity contribution is 7.90. The Kier molecular flexibility index (Phi) is 13.2. The van der Waals surface area contributed by atoms with Gasteiger partial charge in [0.05, 0.1) is 28.0 Å². The van der Waals surface area contributed by atoms with Gasteiger partial charge in [-0.1, -0.05) is 18.2 Å². The predicted octanol–water partition coefficient (Wildman–Crippen LogP) is 7.95. The van der Waals surface area contributed by atoms with E-state index in [9.17, 15) is 23.3 Å². The molecule has 4 saturated heterocycles. The quantitative estimate of drug-likeness (QED) is 0.141. The van der Waals surface area contributed by atoms with E-state index in [0.29, 0.717) is 36.1 Å². The van der Waals surface area contributed by atoms with Crippen LogP contribution < -0.4 is 24.4 Å². The lowest BCUT2D eigenvalue weighted by atomic mass is 9.59. The molecule has 6 fully saturated rings. The van der Waals surface area contributed by atoms with E-state index in [1.54, 1.807) is 12.1 Å². The summed E-state index contributed by atoms with van der Waals surface area (Å²) in [4.78, 5) is 32.5. The molecule has 2 atom stereocenters. The van der Waals surface area contributed by atoms with Gasteiger partial charge in [-0.3, -0.25) is 24.7 Å². The van der Waals surface area contributed by atoms with Crippen molar-refractivity contribution in [2.75, 3.05) is 76.0 Å². The molecular weight excluding hydrogens is 873 g/mol. The van der Waals surface area contributed by atoms with Crippen LogP contribution >= 0.6 is 0 Å². The molecule has 0 unspecified atom stereocenters. The number of piperidine rings is 1. The Morgan fingerprint density at radius 3 is 2.25 bits per heavy atom. The van der Waals surface area contributed by atoms with E-state index in [2.05, 4.69) is 62.9 Å². The highest BCUT2D eigenvalue weighted by Crippen LogP contribution is 2.54. The number of amides is 1. The number of nitro groups is 1. The van der Waals surface area contributed by atoms with Crippen LogP contribution in [0.3, 0.4) is 0 Å². The molecule has 7 aliphatic rings. The Balaban J connectivity index is 0.752. The SMILES string of the molecule is CC(C)Oc1ccccc1[C@@H]1CN(C2CCC3(CCOCC3)CC2)CCN1C1CC2(CCN(c3ccc(C(=O)NS(=O)(=O)c4cc5c(c([N+](=O)[O-])c4)N[C@H](C4CCOCC4)CO5)cc3)CC2)C1. The molecule has 0 aromatic heterocycles. The number of carbonyl (C=O) groups excluding carboxylic acids is 1. The number of ether oxygens (including phenoxy) is 4. The smallest absolute Gasteiger partial charge is 0.297 e. The molecule has 5 heterocycles. The van der Waals surface area contributed by atoms with Gasteiger partial charge in [0.15, 0.2) is 11.4 Å². The number of piperazine rings is 1. The lowest BCUT2D eigenvalue weighted by Crippen LogP contribution is -2.61. The minimum absolute atomic E-state index is 0.0640. The van der Waals surface area contributed by atoms with E-state index >= 15 is 0 Å².